The fraction of sp³-hybridized carbons (Fsp3) is 0.667. The Balaban J connectivity index is 0.00000280. The Kier molecular flexibility index (Phi) is 10.4. The van der Waals surface area contributed by atoms with E-state index in [1.807, 2.05) is 37.4 Å². The van der Waals surface area contributed by atoms with E-state index in [1.165, 1.54) is 25.9 Å². The summed E-state index contributed by atoms with van der Waals surface area (Å²) in [6.45, 7) is 9.35. The average Bonchev–Trinajstić information content (AvgIpc) is 2.70. The van der Waals surface area contributed by atoms with E-state index in [2.05, 4.69) is 32.1 Å². The van der Waals surface area contributed by atoms with Crippen molar-refractivity contribution >= 4 is 29.9 Å². The summed E-state index contributed by atoms with van der Waals surface area (Å²) in [6.07, 6.45) is 2.63. The molecule has 2 aliphatic heterocycles. The Bertz CT molecular complexity index is 577. The van der Waals surface area contributed by atoms with Crippen molar-refractivity contribution in [3.63, 3.8) is 0 Å². The smallest absolute Gasteiger partial charge is 0.193 e. The number of piperidine rings is 1. The van der Waals surface area contributed by atoms with Gasteiger partial charge in [-0.3, -0.25) is 9.89 Å². The van der Waals surface area contributed by atoms with Gasteiger partial charge in [0.25, 0.3) is 0 Å². The number of aliphatic imine (C=N–C) groups is 1. The van der Waals surface area contributed by atoms with Crippen LogP contribution in [0.15, 0.2) is 35.3 Å². The first-order valence-corrected chi connectivity index (χ1v) is 10.3. The fourth-order valence-corrected chi connectivity index (χ4v) is 4.00. The van der Waals surface area contributed by atoms with Gasteiger partial charge in [-0.05, 0) is 44.5 Å². The molecule has 1 aromatic rings. The van der Waals surface area contributed by atoms with E-state index in [0.717, 1.165) is 63.5 Å². The number of benzene rings is 1. The highest BCUT2D eigenvalue weighted by Gasteiger charge is 2.21. The van der Waals surface area contributed by atoms with Gasteiger partial charge in [-0.1, -0.05) is 18.2 Å². The van der Waals surface area contributed by atoms with Gasteiger partial charge in [0.2, 0.25) is 0 Å². The number of para-hydroxylation sites is 1. The minimum absolute atomic E-state index is 0. The largest absolute Gasteiger partial charge is 0.492 e. The van der Waals surface area contributed by atoms with Crippen molar-refractivity contribution in [3.8, 4) is 5.75 Å². The number of guanidine groups is 1. The van der Waals surface area contributed by atoms with Crippen LogP contribution in [0.25, 0.3) is 0 Å². The van der Waals surface area contributed by atoms with Gasteiger partial charge in [0.15, 0.2) is 5.96 Å². The minimum atomic E-state index is 0. The predicted octanol–water partition coefficient (Wildman–Crippen LogP) is 2.22. The van der Waals surface area contributed by atoms with E-state index in [-0.39, 0.29) is 24.0 Å². The molecule has 6 nitrogen and oxygen atoms in total. The van der Waals surface area contributed by atoms with E-state index < -0.39 is 0 Å². The third-order valence-electron chi connectivity index (χ3n) is 5.57. The summed E-state index contributed by atoms with van der Waals surface area (Å²) in [7, 11) is 4.12. The number of piperazine rings is 1. The zero-order valence-corrected chi connectivity index (χ0v) is 19.7. The Labute approximate surface area is 187 Å². The Morgan fingerprint density at radius 2 is 1.89 bits per heavy atom. The van der Waals surface area contributed by atoms with E-state index >= 15 is 0 Å². The lowest BCUT2D eigenvalue weighted by Crippen LogP contribution is -2.54. The first-order chi connectivity index (χ1) is 13.2. The molecule has 2 aliphatic rings. The molecule has 0 amide bonds. The second-order valence-electron chi connectivity index (χ2n) is 7.69. The van der Waals surface area contributed by atoms with Gasteiger partial charge in [0, 0.05) is 52.9 Å². The lowest BCUT2D eigenvalue weighted by atomic mass is 9.98. The summed E-state index contributed by atoms with van der Waals surface area (Å²) in [5.41, 5.74) is 0. The van der Waals surface area contributed by atoms with E-state index in [9.17, 15) is 0 Å². The predicted molar refractivity (Wildman–Crippen MR) is 127 cm³/mol. The first-order valence-electron chi connectivity index (χ1n) is 10.3. The maximum absolute atomic E-state index is 5.82. The highest BCUT2D eigenvalue weighted by Crippen LogP contribution is 2.14. The van der Waals surface area contributed by atoms with Gasteiger partial charge < -0.3 is 19.9 Å². The number of nitrogens with one attached hydrogen (secondary N) is 1. The quantitative estimate of drug-likeness (QED) is 0.368. The summed E-state index contributed by atoms with van der Waals surface area (Å²) >= 11 is 0. The van der Waals surface area contributed by atoms with Crippen LogP contribution in [0.1, 0.15) is 12.8 Å². The average molecular weight is 501 g/mol. The Morgan fingerprint density at radius 3 is 2.57 bits per heavy atom. The van der Waals surface area contributed by atoms with Crippen molar-refractivity contribution in [1.82, 2.24) is 20.0 Å². The molecule has 0 aliphatic carbocycles. The van der Waals surface area contributed by atoms with Gasteiger partial charge in [0.1, 0.15) is 12.4 Å². The molecule has 0 aromatic heterocycles. The zero-order valence-electron chi connectivity index (χ0n) is 17.3. The Morgan fingerprint density at radius 1 is 1.14 bits per heavy atom. The molecule has 0 radical (unpaired) electrons. The number of hydrogen-bond acceptors (Lipinski definition) is 4. The van der Waals surface area contributed by atoms with E-state index in [4.69, 9.17) is 4.74 Å². The van der Waals surface area contributed by atoms with Crippen LogP contribution >= 0.6 is 24.0 Å². The maximum atomic E-state index is 5.82. The lowest BCUT2D eigenvalue weighted by Gasteiger charge is -2.37. The molecular weight excluding hydrogens is 465 g/mol. The van der Waals surface area contributed by atoms with Gasteiger partial charge in [-0.15, -0.1) is 24.0 Å². The molecule has 1 N–H and O–H groups in total. The SMILES string of the molecule is CN=C(NCC1CCCN(C)C1)N1CCN(CCOc2ccccc2)CC1.I. The summed E-state index contributed by atoms with van der Waals surface area (Å²) < 4.78 is 5.82. The normalized spacial score (nSPS) is 21.9. The van der Waals surface area contributed by atoms with Crippen LogP contribution in [0, 0.1) is 5.92 Å². The highest BCUT2D eigenvalue weighted by atomic mass is 127. The number of rotatable bonds is 6. The summed E-state index contributed by atoms with van der Waals surface area (Å²) in [5, 5.41) is 3.61. The topological polar surface area (TPSA) is 43.3 Å². The fourth-order valence-electron chi connectivity index (χ4n) is 4.00. The summed E-state index contributed by atoms with van der Waals surface area (Å²) in [4.78, 5) is 11.8. The van der Waals surface area contributed by atoms with Crippen molar-refractivity contribution in [2.24, 2.45) is 10.9 Å². The van der Waals surface area contributed by atoms with E-state index in [0.29, 0.717) is 0 Å². The van der Waals surface area contributed by atoms with Crippen LogP contribution in [0.5, 0.6) is 5.75 Å². The van der Waals surface area contributed by atoms with E-state index in [1.54, 1.807) is 0 Å². The third kappa shape index (κ3) is 7.40. The van der Waals surface area contributed by atoms with Crippen LogP contribution in [0.4, 0.5) is 0 Å². The molecule has 2 saturated heterocycles. The second kappa shape index (κ2) is 12.5. The third-order valence-corrected chi connectivity index (χ3v) is 5.57. The van der Waals surface area contributed by atoms with Crippen LogP contribution in [-0.4, -0.2) is 93.7 Å². The van der Waals surface area contributed by atoms with Crippen LogP contribution in [0.3, 0.4) is 0 Å². The number of ether oxygens (including phenoxy) is 1. The first kappa shape index (κ1) is 23.2. The number of likely N-dealkylation sites (tertiary alicyclic amines) is 1. The lowest BCUT2D eigenvalue weighted by molar-refractivity contribution is 0.151. The van der Waals surface area contributed by atoms with Crippen LogP contribution in [-0.2, 0) is 0 Å². The van der Waals surface area contributed by atoms with Gasteiger partial charge >= 0.3 is 0 Å². The highest BCUT2D eigenvalue weighted by molar-refractivity contribution is 14.0. The van der Waals surface area contributed by atoms with Crippen molar-refractivity contribution < 1.29 is 4.74 Å². The van der Waals surface area contributed by atoms with Gasteiger partial charge in [-0.25, -0.2) is 0 Å². The van der Waals surface area contributed by atoms with Gasteiger partial charge in [-0.2, -0.15) is 0 Å². The van der Waals surface area contributed by atoms with Crippen molar-refractivity contribution in [2.75, 3.05) is 73.1 Å². The molecule has 0 bridgehead atoms. The van der Waals surface area contributed by atoms with Crippen molar-refractivity contribution in [1.29, 1.82) is 0 Å². The molecule has 158 valence electrons. The molecule has 2 heterocycles. The molecule has 0 spiro atoms. The molecule has 7 heteroatoms. The van der Waals surface area contributed by atoms with Gasteiger partial charge in [0.05, 0.1) is 0 Å². The molecule has 1 aromatic carbocycles. The van der Waals surface area contributed by atoms with Crippen LogP contribution < -0.4 is 10.1 Å². The zero-order chi connectivity index (χ0) is 18.9. The monoisotopic (exact) mass is 501 g/mol. The number of halogens is 1. The number of hydrogen-bond donors (Lipinski definition) is 1. The number of nitrogens with zero attached hydrogens (tertiary/aromatic N) is 4. The maximum Gasteiger partial charge on any atom is 0.193 e. The molecule has 1 atom stereocenters. The molecule has 1 unspecified atom stereocenters. The summed E-state index contributed by atoms with van der Waals surface area (Å²) in [5.74, 6) is 2.74. The molecule has 28 heavy (non-hydrogen) atoms. The second-order valence-corrected chi connectivity index (χ2v) is 7.69. The Hall–Kier alpha value is -1.06. The molecular formula is C21H36IN5O. The summed E-state index contributed by atoms with van der Waals surface area (Å²) in [6, 6.07) is 10.1. The minimum Gasteiger partial charge on any atom is -0.492 e. The molecule has 3 rings (SSSR count). The van der Waals surface area contributed by atoms with Crippen molar-refractivity contribution in [3.05, 3.63) is 30.3 Å². The molecule has 2 fully saturated rings. The van der Waals surface area contributed by atoms with Crippen LogP contribution in [0.2, 0.25) is 0 Å². The standard InChI is InChI=1S/C21H35N5O.HI/c1-22-21(23-17-19-7-6-10-24(2)18-19)26-13-11-25(12-14-26)15-16-27-20-8-4-3-5-9-20;/h3-5,8-9,19H,6-7,10-18H2,1-2H3,(H,22,23);1H. The molecule has 0 saturated carbocycles. The van der Waals surface area contributed by atoms with Crippen molar-refractivity contribution in [2.45, 2.75) is 12.8 Å².